The average Bonchev–Trinajstić information content (AvgIpc) is 2.45. The molecule has 0 aliphatic heterocycles. The minimum absolute atomic E-state index is 0.367. The molecule has 2 rings (SSSR count). The van der Waals surface area contributed by atoms with Crippen molar-refractivity contribution in [2.75, 3.05) is 24.0 Å². The van der Waals surface area contributed by atoms with E-state index in [9.17, 15) is 0 Å². The van der Waals surface area contributed by atoms with Crippen LogP contribution in [-0.2, 0) is 0 Å². The van der Waals surface area contributed by atoms with E-state index < -0.39 is 0 Å². The fourth-order valence-corrected chi connectivity index (χ4v) is 2.97. The third-order valence-electron chi connectivity index (χ3n) is 3.37. The molecule has 0 fully saturated rings. The second kappa shape index (κ2) is 6.41. The predicted octanol–water partition coefficient (Wildman–Crippen LogP) is 3.06. The number of thioether (sulfide) groups is 1. The Kier molecular flexibility index (Phi) is 4.83. The minimum atomic E-state index is 0.367. The number of hydrogen-bond acceptors (Lipinski definition) is 4. The van der Waals surface area contributed by atoms with Gasteiger partial charge < -0.3 is 10.6 Å². The van der Waals surface area contributed by atoms with Crippen LogP contribution in [0.3, 0.4) is 0 Å². The summed E-state index contributed by atoms with van der Waals surface area (Å²) in [7, 11) is 2.04. The molecule has 5 heteroatoms. The van der Waals surface area contributed by atoms with Crippen LogP contribution in [0.4, 0.5) is 5.82 Å². The first-order valence-electron chi connectivity index (χ1n) is 6.46. The summed E-state index contributed by atoms with van der Waals surface area (Å²) >= 11 is 7.01. The number of benzene rings is 1. The van der Waals surface area contributed by atoms with Crippen molar-refractivity contribution >= 4 is 45.7 Å². The predicted molar refractivity (Wildman–Crippen MR) is 93.9 cm³/mol. The van der Waals surface area contributed by atoms with E-state index in [1.807, 2.05) is 49.1 Å². The van der Waals surface area contributed by atoms with Crippen molar-refractivity contribution in [3.63, 3.8) is 0 Å². The van der Waals surface area contributed by atoms with Crippen LogP contribution in [0.15, 0.2) is 30.3 Å². The van der Waals surface area contributed by atoms with Crippen molar-refractivity contribution in [3.8, 4) is 0 Å². The van der Waals surface area contributed by atoms with Gasteiger partial charge in [0.2, 0.25) is 0 Å². The van der Waals surface area contributed by atoms with Gasteiger partial charge in [-0.15, -0.1) is 0 Å². The molecule has 0 radical (unpaired) electrons. The molecule has 0 saturated heterocycles. The Morgan fingerprint density at radius 2 is 2.15 bits per heavy atom. The van der Waals surface area contributed by atoms with E-state index in [0.29, 0.717) is 11.0 Å². The first-order chi connectivity index (χ1) is 9.54. The van der Waals surface area contributed by atoms with E-state index in [-0.39, 0.29) is 0 Å². The van der Waals surface area contributed by atoms with Gasteiger partial charge in [-0.3, -0.25) is 0 Å². The molecule has 1 atom stereocenters. The zero-order chi connectivity index (χ0) is 14.7. The Morgan fingerprint density at radius 1 is 1.45 bits per heavy atom. The number of para-hydroxylation sites is 1. The fraction of sp³-hybridized carbons (Fsp3) is 0.333. The molecule has 1 unspecified atom stereocenters. The molecule has 0 bridgehead atoms. The van der Waals surface area contributed by atoms with Gasteiger partial charge in [0, 0.05) is 24.2 Å². The molecule has 1 aromatic heterocycles. The van der Waals surface area contributed by atoms with Crippen LogP contribution < -0.4 is 10.6 Å². The molecule has 0 spiro atoms. The van der Waals surface area contributed by atoms with Gasteiger partial charge in [0.05, 0.1) is 11.1 Å². The molecule has 106 valence electrons. The third-order valence-corrected chi connectivity index (χ3v) is 4.41. The Balaban J connectivity index is 2.54. The molecule has 0 aliphatic carbocycles. The highest BCUT2D eigenvalue weighted by Gasteiger charge is 2.17. The van der Waals surface area contributed by atoms with Crippen molar-refractivity contribution in [2.24, 2.45) is 5.73 Å². The molecule has 2 N–H and O–H groups in total. The van der Waals surface area contributed by atoms with Gasteiger partial charge in [0.25, 0.3) is 0 Å². The molecule has 2 aromatic rings. The van der Waals surface area contributed by atoms with E-state index in [1.165, 1.54) is 0 Å². The van der Waals surface area contributed by atoms with Crippen molar-refractivity contribution in [3.05, 3.63) is 35.9 Å². The lowest BCUT2D eigenvalue weighted by molar-refractivity contribution is 0.755. The Labute approximate surface area is 129 Å². The molecule has 1 heterocycles. The maximum Gasteiger partial charge on any atom is 0.139 e. The normalized spacial score (nSPS) is 12.3. The summed E-state index contributed by atoms with van der Waals surface area (Å²) in [6, 6.07) is 10.4. The van der Waals surface area contributed by atoms with Crippen molar-refractivity contribution in [2.45, 2.75) is 13.0 Å². The van der Waals surface area contributed by atoms with Crippen LogP contribution in [-0.4, -0.2) is 35.1 Å². The number of nitrogens with zero attached hydrogens (tertiary/aromatic N) is 2. The highest BCUT2D eigenvalue weighted by Crippen LogP contribution is 2.24. The first-order valence-corrected chi connectivity index (χ1v) is 8.26. The van der Waals surface area contributed by atoms with E-state index in [2.05, 4.69) is 18.1 Å². The van der Waals surface area contributed by atoms with Gasteiger partial charge in [0.1, 0.15) is 10.8 Å². The largest absolute Gasteiger partial charge is 0.389 e. The second-order valence-electron chi connectivity index (χ2n) is 4.83. The summed E-state index contributed by atoms with van der Waals surface area (Å²) in [6.07, 6.45) is 2.10. The van der Waals surface area contributed by atoms with Crippen LogP contribution >= 0.6 is 24.0 Å². The molecule has 0 aliphatic rings. The van der Waals surface area contributed by atoms with Crippen LogP contribution in [0.5, 0.6) is 0 Å². The van der Waals surface area contributed by atoms with Gasteiger partial charge in [0.15, 0.2) is 0 Å². The van der Waals surface area contributed by atoms with Crippen molar-refractivity contribution < 1.29 is 0 Å². The zero-order valence-electron chi connectivity index (χ0n) is 12.0. The molecule has 1 aromatic carbocycles. The van der Waals surface area contributed by atoms with Crippen molar-refractivity contribution in [1.29, 1.82) is 0 Å². The fourth-order valence-electron chi connectivity index (χ4n) is 2.12. The van der Waals surface area contributed by atoms with Crippen molar-refractivity contribution in [1.82, 2.24) is 4.98 Å². The first kappa shape index (κ1) is 15.1. The summed E-state index contributed by atoms with van der Waals surface area (Å²) < 4.78 is 0. The van der Waals surface area contributed by atoms with E-state index in [1.54, 1.807) is 0 Å². The van der Waals surface area contributed by atoms with Gasteiger partial charge in [-0.2, -0.15) is 11.8 Å². The lowest BCUT2D eigenvalue weighted by Crippen LogP contribution is -2.33. The Bertz CT molecular complexity index is 628. The second-order valence-corrected chi connectivity index (χ2v) is 6.18. The SMILES string of the molecule is CSCC(C)N(C)c1nc2ccccc2cc1C(N)=S. The molecule has 0 saturated carbocycles. The number of thiocarbonyl (C=S) groups is 1. The van der Waals surface area contributed by atoms with Gasteiger partial charge in [-0.05, 0) is 25.3 Å². The number of rotatable bonds is 5. The summed E-state index contributed by atoms with van der Waals surface area (Å²) in [5, 5.41) is 1.06. The number of hydrogen-bond donors (Lipinski definition) is 1. The molecule has 3 nitrogen and oxygen atoms in total. The quantitative estimate of drug-likeness (QED) is 0.860. The van der Waals surface area contributed by atoms with Crippen LogP contribution in [0.25, 0.3) is 10.9 Å². The monoisotopic (exact) mass is 305 g/mol. The highest BCUT2D eigenvalue weighted by atomic mass is 32.2. The highest BCUT2D eigenvalue weighted by molar-refractivity contribution is 7.98. The average molecular weight is 305 g/mol. The number of pyridine rings is 1. The Morgan fingerprint density at radius 3 is 2.80 bits per heavy atom. The lowest BCUT2D eigenvalue weighted by atomic mass is 10.1. The van der Waals surface area contributed by atoms with Crippen LogP contribution in [0, 0.1) is 0 Å². The number of anilines is 1. The summed E-state index contributed by atoms with van der Waals surface area (Å²) in [5.74, 6) is 1.89. The maximum absolute atomic E-state index is 5.88. The standard InChI is InChI=1S/C15H19N3S2/c1-10(9-20-3)18(2)15-12(14(16)19)8-11-6-4-5-7-13(11)17-15/h4-8,10H,9H2,1-3H3,(H2,16,19). The lowest BCUT2D eigenvalue weighted by Gasteiger charge is -2.27. The van der Waals surface area contributed by atoms with Gasteiger partial charge in [-0.25, -0.2) is 4.98 Å². The summed E-state index contributed by atoms with van der Waals surface area (Å²) in [5.41, 5.74) is 7.68. The zero-order valence-corrected chi connectivity index (χ0v) is 13.6. The topological polar surface area (TPSA) is 42.2 Å². The number of nitrogens with two attached hydrogens (primary N) is 1. The smallest absolute Gasteiger partial charge is 0.139 e. The maximum atomic E-state index is 5.88. The third kappa shape index (κ3) is 3.04. The van der Waals surface area contributed by atoms with Crippen LogP contribution in [0.2, 0.25) is 0 Å². The molecule has 20 heavy (non-hydrogen) atoms. The van der Waals surface area contributed by atoms with Gasteiger partial charge >= 0.3 is 0 Å². The molecular weight excluding hydrogens is 286 g/mol. The summed E-state index contributed by atoms with van der Waals surface area (Å²) in [4.78, 5) is 7.29. The summed E-state index contributed by atoms with van der Waals surface area (Å²) in [6.45, 7) is 2.18. The van der Waals surface area contributed by atoms with Crippen LogP contribution in [0.1, 0.15) is 12.5 Å². The molecule has 0 amide bonds. The van der Waals surface area contributed by atoms with E-state index in [0.717, 1.165) is 28.0 Å². The number of aromatic nitrogens is 1. The van der Waals surface area contributed by atoms with E-state index in [4.69, 9.17) is 22.9 Å². The van der Waals surface area contributed by atoms with E-state index >= 15 is 0 Å². The molecular formula is C15H19N3S2. The Hall–Kier alpha value is -1.33. The number of fused-ring (bicyclic) bond motifs is 1. The van der Waals surface area contributed by atoms with Gasteiger partial charge in [-0.1, -0.05) is 30.4 Å². The minimum Gasteiger partial charge on any atom is -0.389 e.